The van der Waals surface area contributed by atoms with Crippen molar-refractivity contribution >= 4 is 17.5 Å². The number of benzene rings is 3. The minimum atomic E-state index is -0.195. The van der Waals surface area contributed by atoms with Gasteiger partial charge in [-0.1, -0.05) is 84.4 Å². The molecule has 120 valence electrons. The standard InChI is InChI=1S/C21H18ClNO/c22-19-13-11-18(12-14-19)21(17-9-5-2-6-10-17)23-20(24)15-16-7-3-1-4-8-16/h1-14,21H,15H2,(H,23,24)/t21-/m1/s1. The zero-order valence-corrected chi connectivity index (χ0v) is 13.9. The lowest BCUT2D eigenvalue weighted by Crippen LogP contribution is -2.30. The van der Waals surface area contributed by atoms with Crippen LogP contribution in [-0.4, -0.2) is 5.91 Å². The molecule has 0 aromatic heterocycles. The number of amides is 1. The predicted molar refractivity (Wildman–Crippen MR) is 98.0 cm³/mol. The van der Waals surface area contributed by atoms with E-state index in [0.29, 0.717) is 11.4 Å². The monoisotopic (exact) mass is 335 g/mol. The van der Waals surface area contributed by atoms with Crippen LogP contribution in [0.4, 0.5) is 0 Å². The minimum Gasteiger partial charge on any atom is -0.345 e. The van der Waals surface area contributed by atoms with E-state index in [0.717, 1.165) is 16.7 Å². The van der Waals surface area contributed by atoms with E-state index in [4.69, 9.17) is 11.6 Å². The summed E-state index contributed by atoms with van der Waals surface area (Å²) in [4.78, 5) is 12.5. The van der Waals surface area contributed by atoms with Gasteiger partial charge in [-0.15, -0.1) is 0 Å². The fourth-order valence-corrected chi connectivity index (χ4v) is 2.78. The van der Waals surface area contributed by atoms with Crippen LogP contribution >= 0.6 is 11.6 Å². The van der Waals surface area contributed by atoms with E-state index < -0.39 is 0 Å². The molecule has 0 saturated heterocycles. The number of hydrogen-bond acceptors (Lipinski definition) is 1. The number of carbonyl (C=O) groups excluding carboxylic acids is 1. The molecule has 3 aromatic rings. The first kappa shape index (κ1) is 16.3. The van der Waals surface area contributed by atoms with Gasteiger partial charge in [0.1, 0.15) is 0 Å². The molecule has 0 aliphatic heterocycles. The summed E-state index contributed by atoms with van der Waals surface area (Å²) in [5, 5.41) is 3.82. The molecule has 0 aliphatic rings. The Balaban J connectivity index is 1.82. The van der Waals surface area contributed by atoms with Gasteiger partial charge in [0.2, 0.25) is 5.91 Å². The molecule has 3 heteroatoms. The molecule has 2 nitrogen and oxygen atoms in total. The Kier molecular flexibility index (Phi) is 5.29. The third-order valence-corrected chi connectivity index (χ3v) is 4.10. The van der Waals surface area contributed by atoms with Crippen molar-refractivity contribution in [2.24, 2.45) is 0 Å². The second-order valence-corrected chi connectivity index (χ2v) is 6.06. The number of carbonyl (C=O) groups is 1. The highest BCUT2D eigenvalue weighted by molar-refractivity contribution is 6.30. The van der Waals surface area contributed by atoms with E-state index in [1.54, 1.807) is 0 Å². The normalized spacial score (nSPS) is 11.7. The molecule has 0 saturated carbocycles. The lowest BCUT2D eigenvalue weighted by molar-refractivity contribution is -0.120. The van der Waals surface area contributed by atoms with Crippen molar-refractivity contribution < 1.29 is 4.79 Å². The summed E-state index contributed by atoms with van der Waals surface area (Å²) in [6, 6.07) is 27.1. The summed E-state index contributed by atoms with van der Waals surface area (Å²) in [5.74, 6) is -0.00926. The predicted octanol–water partition coefficient (Wildman–Crippen LogP) is 4.79. The number of rotatable bonds is 5. The molecule has 3 rings (SSSR count). The lowest BCUT2D eigenvalue weighted by Gasteiger charge is -2.20. The van der Waals surface area contributed by atoms with Gasteiger partial charge in [0, 0.05) is 5.02 Å². The van der Waals surface area contributed by atoms with Crippen molar-refractivity contribution in [3.05, 3.63) is 107 Å². The molecule has 1 N–H and O–H groups in total. The van der Waals surface area contributed by atoms with Gasteiger partial charge < -0.3 is 5.32 Å². The van der Waals surface area contributed by atoms with Gasteiger partial charge in [0.05, 0.1) is 12.5 Å². The fourth-order valence-electron chi connectivity index (χ4n) is 2.65. The Bertz CT molecular complexity index is 785. The Morgan fingerprint density at radius 2 is 1.33 bits per heavy atom. The largest absolute Gasteiger partial charge is 0.345 e. The summed E-state index contributed by atoms with van der Waals surface area (Å²) in [6.07, 6.45) is 0.359. The van der Waals surface area contributed by atoms with Crippen molar-refractivity contribution in [3.63, 3.8) is 0 Å². The van der Waals surface area contributed by atoms with Crippen molar-refractivity contribution in [1.82, 2.24) is 5.32 Å². The van der Waals surface area contributed by atoms with Crippen molar-refractivity contribution in [2.45, 2.75) is 12.5 Å². The van der Waals surface area contributed by atoms with Crippen LogP contribution in [0, 0.1) is 0 Å². The molecule has 0 radical (unpaired) electrons. The van der Waals surface area contributed by atoms with Crippen LogP contribution < -0.4 is 5.32 Å². The number of nitrogens with one attached hydrogen (secondary N) is 1. The van der Waals surface area contributed by atoms with Crippen LogP contribution in [0.2, 0.25) is 5.02 Å². The van der Waals surface area contributed by atoms with Crippen LogP contribution in [0.5, 0.6) is 0 Å². The molecule has 1 amide bonds. The van der Waals surface area contributed by atoms with Crippen LogP contribution in [0.25, 0.3) is 0 Å². The molecule has 0 spiro atoms. The molecule has 0 bridgehead atoms. The van der Waals surface area contributed by atoms with Gasteiger partial charge in [-0.2, -0.15) is 0 Å². The maximum Gasteiger partial charge on any atom is 0.225 e. The third kappa shape index (κ3) is 4.24. The summed E-state index contributed by atoms with van der Waals surface area (Å²) >= 11 is 5.99. The van der Waals surface area contributed by atoms with Gasteiger partial charge in [-0.3, -0.25) is 4.79 Å². The highest BCUT2D eigenvalue weighted by Crippen LogP contribution is 2.23. The van der Waals surface area contributed by atoms with E-state index >= 15 is 0 Å². The van der Waals surface area contributed by atoms with Crippen LogP contribution in [0.15, 0.2) is 84.9 Å². The molecular formula is C21H18ClNO. The fraction of sp³-hybridized carbons (Fsp3) is 0.0952. The summed E-state index contributed by atoms with van der Waals surface area (Å²) < 4.78 is 0. The number of halogens is 1. The molecule has 0 unspecified atom stereocenters. The quantitative estimate of drug-likeness (QED) is 0.713. The van der Waals surface area contributed by atoms with Gasteiger partial charge in [-0.25, -0.2) is 0 Å². The topological polar surface area (TPSA) is 29.1 Å². The molecule has 0 fully saturated rings. The highest BCUT2D eigenvalue weighted by atomic mass is 35.5. The smallest absolute Gasteiger partial charge is 0.225 e. The molecule has 24 heavy (non-hydrogen) atoms. The Labute approximate surface area is 147 Å². The molecule has 1 atom stereocenters. The lowest BCUT2D eigenvalue weighted by atomic mass is 9.98. The minimum absolute atomic E-state index is 0.00926. The Morgan fingerprint density at radius 1 is 0.792 bits per heavy atom. The zero-order valence-electron chi connectivity index (χ0n) is 13.2. The SMILES string of the molecule is O=C(Cc1ccccc1)N[C@H](c1ccccc1)c1ccc(Cl)cc1. The summed E-state index contributed by atoms with van der Waals surface area (Å²) in [7, 11) is 0. The highest BCUT2D eigenvalue weighted by Gasteiger charge is 2.16. The molecule has 0 aliphatic carbocycles. The second-order valence-electron chi connectivity index (χ2n) is 5.63. The average molecular weight is 336 g/mol. The van der Waals surface area contributed by atoms with Gasteiger partial charge in [-0.05, 0) is 28.8 Å². The van der Waals surface area contributed by atoms with E-state index in [-0.39, 0.29) is 11.9 Å². The zero-order chi connectivity index (χ0) is 16.8. The summed E-state index contributed by atoms with van der Waals surface area (Å²) in [6.45, 7) is 0. The Morgan fingerprint density at radius 3 is 1.96 bits per heavy atom. The summed E-state index contributed by atoms with van der Waals surface area (Å²) in [5.41, 5.74) is 3.05. The maximum absolute atomic E-state index is 12.5. The molecule has 0 heterocycles. The van der Waals surface area contributed by atoms with Crippen molar-refractivity contribution in [2.75, 3.05) is 0 Å². The van der Waals surface area contributed by atoms with Gasteiger partial charge in [0.15, 0.2) is 0 Å². The van der Waals surface area contributed by atoms with Crippen LogP contribution in [-0.2, 0) is 11.2 Å². The van der Waals surface area contributed by atoms with Crippen LogP contribution in [0.1, 0.15) is 22.7 Å². The van der Waals surface area contributed by atoms with E-state index in [9.17, 15) is 4.79 Å². The number of hydrogen-bond donors (Lipinski definition) is 1. The first-order chi connectivity index (χ1) is 11.7. The average Bonchev–Trinajstić information content (AvgIpc) is 2.62. The Hall–Kier alpha value is -2.58. The molecular weight excluding hydrogens is 318 g/mol. The maximum atomic E-state index is 12.5. The first-order valence-electron chi connectivity index (χ1n) is 7.86. The third-order valence-electron chi connectivity index (χ3n) is 3.85. The van der Waals surface area contributed by atoms with E-state index in [2.05, 4.69) is 5.32 Å². The van der Waals surface area contributed by atoms with Gasteiger partial charge in [0.25, 0.3) is 0 Å². The molecule has 3 aromatic carbocycles. The van der Waals surface area contributed by atoms with E-state index in [1.807, 2.05) is 84.9 Å². The van der Waals surface area contributed by atoms with Crippen LogP contribution in [0.3, 0.4) is 0 Å². The van der Waals surface area contributed by atoms with Crippen molar-refractivity contribution in [3.8, 4) is 0 Å². The van der Waals surface area contributed by atoms with Gasteiger partial charge >= 0.3 is 0 Å². The second kappa shape index (κ2) is 7.80. The first-order valence-corrected chi connectivity index (χ1v) is 8.24. The van der Waals surface area contributed by atoms with E-state index in [1.165, 1.54) is 0 Å². The van der Waals surface area contributed by atoms with Crippen molar-refractivity contribution in [1.29, 1.82) is 0 Å².